The van der Waals surface area contributed by atoms with Gasteiger partial charge in [0.25, 0.3) is 5.91 Å². The minimum absolute atomic E-state index is 0.0450. The Labute approximate surface area is 117 Å². The third kappa shape index (κ3) is 2.94. The van der Waals surface area contributed by atoms with E-state index in [-0.39, 0.29) is 5.91 Å². The Kier molecular flexibility index (Phi) is 4.09. The molecule has 1 aromatic heterocycles. The van der Waals surface area contributed by atoms with Crippen molar-refractivity contribution < 1.29 is 4.79 Å². The largest absolute Gasteiger partial charge is 0.337 e. The molecule has 2 rings (SSSR count). The average Bonchev–Trinajstić information content (AvgIpc) is 2.78. The summed E-state index contributed by atoms with van der Waals surface area (Å²) in [7, 11) is 1.83. The average molecular weight is 277 g/mol. The van der Waals surface area contributed by atoms with Gasteiger partial charge in [0.2, 0.25) is 0 Å². The Hall–Kier alpha value is -1.26. The van der Waals surface area contributed by atoms with Crippen molar-refractivity contribution >= 4 is 29.9 Å². The molecule has 94 valence electrons. The summed E-state index contributed by atoms with van der Waals surface area (Å²) in [5.74, 6) is 0.0450. The highest BCUT2D eigenvalue weighted by Gasteiger charge is 2.14. The Morgan fingerprint density at radius 3 is 2.72 bits per heavy atom. The molecule has 0 unspecified atom stereocenters. The topological polar surface area (TPSA) is 20.3 Å². The smallest absolute Gasteiger partial charge is 0.264 e. The van der Waals surface area contributed by atoms with E-state index in [2.05, 4.69) is 31.7 Å². The van der Waals surface area contributed by atoms with E-state index in [9.17, 15) is 4.79 Å². The van der Waals surface area contributed by atoms with Crippen molar-refractivity contribution in [3.63, 3.8) is 0 Å². The molecule has 0 atom stereocenters. The van der Waals surface area contributed by atoms with Crippen LogP contribution in [0.4, 0.5) is 0 Å². The zero-order valence-electron chi connectivity index (χ0n) is 10.4. The third-order valence-electron chi connectivity index (χ3n) is 2.81. The Morgan fingerprint density at radius 1 is 1.39 bits per heavy atom. The molecule has 2 aromatic rings. The van der Waals surface area contributed by atoms with Gasteiger partial charge in [-0.2, -0.15) is 0 Å². The van der Waals surface area contributed by atoms with Crippen LogP contribution in [0.3, 0.4) is 0 Å². The first-order chi connectivity index (χ1) is 8.58. The zero-order valence-corrected chi connectivity index (χ0v) is 12.1. The minimum Gasteiger partial charge on any atom is -0.337 e. The lowest BCUT2D eigenvalue weighted by Gasteiger charge is -2.17. The Balaban J connectivity index is 2.11. The van der Waals surface area contributed by atoms with Crippen molar-refractivity contribution in [1.82, 2.24) is 4.90 Å². The fourth-order valence-corrected chi connectivity index (χ4v) is 2.88. The van der Waals surface area contributed by atoms with Crippen LogP contribution in [-0.4, -0.2) is 17.9 Å². The van der Waals surface area contributed by atoms with E-state index in [0.29, 0.717) is 6.54 Å². The van der Waals surface area contributed by atoms with Crippen LogP contribution < -0.4 is 0 Å². The molecule has 18 heavy (non-hydrogen) atoms. The van der Waals surface area contributed by atoms with Gasteiger partial charge in [0, 0.05) is 23.9 Å². The van der Waals surface area contributed by atoms with E-state index in [1.165, 1.54) is 22.5 Å². The summed E-state index contributed by atoms with van der Waals surface area (Å²) in [6.45, 7) is 2.69. The second-order valence-corrected chi connectivity index (χ2v) is 5.68. The van der Waals surface area contributed by atoms with Crippen LogP contribution >= 0.6 is 24.0 Å². The fraction of sp³-hybridized carbons (Fsp3) is 0.214. The molecule has 1 aromatic carbocycles. The number of carbonyl (C=O) groups excluding carboxylic acids is 1. The molecule has 0 N–H and O–H groups in total. The second kappa shape index (κ2) is 5.59. The quantitative estimate of drug-likeness (QED) is 0.850. The van der Waals surface area contributed by atoms with E-state index in [1.807, 2.05) is 30.6 Å². The summed E-state index contributed by atoms with van der Waals surface area (Å²) in [4.78, 5) is 15.5. The Morgan fingerprint density at radius 2 is 2.11 bits per heavy atom. The lowest BCUT2D eigenvalue weighted by molar-refractivity contribution is 0.0789. The molecule has 0 saturated carbocycles. The van der Waals surface area contributed by atoms with Gasteiger partial charge in [-0.1, -0.05) is 24.3 Å². The molecule has 1 heterocycles. The summed E-state index contributed by atoms with van der Waals surface area (Å²) in [6.07, 6.45) is 0. The molecule has 4 heteroatoms. The molecule has 0 aliphatic carbocycles. The van der Waals surface area contributed by atoms with Crippen molar-refractivity contribution in [2.45, 2.75) is 18.4 Å². The predicted molar refractivity (Wildman–Crippen MR) is 78.5 cm³/mol. The van der Waals surface area contributed by atoms with Gasteiger partial charge < -0.3 is 4.90 Å². The second-order valence-electron chi connectivity index (χ2n) is 4.26. The number of aryl methyl sites for hydroxylation is 1. The number of amides is 1. The number of hydrogen-bond donors (Lipinski definition) is 1. The van der Waals surface area contributed by atoms with Crippen LogP contribution in [0.15, 0.2) is 40.6 Å². The normalized spacial score (nSPS) is 10.4. The van der Waals surface area contributed by atoms with Gasteiger partial charge in [0.15, 0.2) is 0 Å². The molecule has 2 nitrogen and oxygen atoms in total. The van der Waals surface area contributed by atoms with Gasteiger partial charge in [-0.15, -0.1) is 24.0 Å². The number of benzene rings is 1. The van der Waals surface area contributed by atoms with Crippen LogP contribution in [0.5, 0.6) is 0 Å². The van der Waals surface area contributed by atoms with E-state index >= 15 is 0 Å². The van der Waals surface area contributed by atoms with E-state index in [0.717, 1.165) is 9.77 Å². The third-order valence-corrected chi connectivity index (χ3v) is 4.16. The molecular weight excluding hydrogens is 262 g/mol. The standard InChI is InChI=1S/C14H15NOS2/c1-10-5-3-4-6-11(10)8-15(2)14(16)13-7-12(17)9-18-13/h3-7,9,17H,8H2,1-2H3. The van der Waals surface area contributed by atoms with Crippen LogP contribution in [0.2, 0.25) is 0 Å². The van der Waals surface area contributed by atoms with E-state index in [4.69, 9.17) is 0 Å². The summed E-state index contributed by atoms with van der Waals surface area (Å²) in [5, 5.41) is 1.87. The maximum Gasteiger partial charge on any atom is 0.264 e. The zero-order chi connectivity index (χ0) is 13.1. The maximum absolute atomic E-state index is 12.2. The molecule has 0 aliphatic heterocycles. The van der Waals surface area contributed by atoms with Crippen molar-refractivity contribution in [3.8, 4) is 0 Å². The number of carbonyl (C=O) groups is 1. The van der Waals surface area contributed by atoms with Gasteiger partial charge in [-0.3, -0.25) is 4.79 Å². The first kappa shape index (κ1) is 13.2. The summed E-state index contributed by atoms with van der Waals surface area (Å²) < 4.78 is 0. The maximum atomic E-state index is 12.2. The summed E-state index contributed by atoms with van der Waals surface area (Å²) in [5.41, 5.74) is 2.38. The predicted octanol–water partition coefficient (Wildman–Crippen LogP) is 3.62. The number of hydrogen-bond acceptors (Lipinski definition) is 3. The number of thiophene rings is 1. The fourth-order valence-electron chi connectivity index (χ4n) is 1.74. The first-order valence-corrected chi connectivity index (χ1v) is 6.98. The SMILES string of the molecule is Cc1ccccc1CN(C)C(=O)c1cc(S)cs1. The number of nitrogens with zero attached hydrogens (tertiary/aromatic N) is 1. The van der Waals surface area contributed by atoms with Gasteiger partial charge in [0.1, 0.15) is 0 Å². The van der Waals surface area contributed by atoms with Crippen molar-refractivity contribution in [3.05, 3.63) is 51.7 Å². The summed E-state index contributed by atoms with van der Waals surface area (Å²) >= 11 is 5.66. The lowest BCUT2D eigenvalue weighted by atomic mass is 10.1. The molecule has 0 bridgehead atoms. The van der Waals surface area contributed by atoms with Gasteiger partial charge >= 0.3 is 0 Å². The number of thiol groups is 1. The van der Waals surface area contributed by atoms with Gasteiger partial charge in [-0.25, -0.2) is 0 Å². The lowest BCUT2D eigenvalue weighted by Crippen LogP contribution is -2.25. The van der Waals surface area contributed by atoms with E-state index < -0.39 is 0 Å². The van der Waals surface area contributed by atoms with Gasteiger partial charge in [-0.05, 0) is 24.1 Å². The molecule has 0 fully saturated rings. The first-order valence-electron chi connectivity index (χ1n) is 5.65. The summed E-state index contributed by atoms with van der Waals surface area (Å²) in [6, 6.07) is 9.93. The molecule has 0 spiro atoms. The monoisotopic (exact) mass is 277 g/mol. The van der Waals surface area contributed by atoms with Gasteiger partial charge in [0.05, 0.1) is 4.88 Å². The highest BCUT2D eigenvalue weighted by molar-refractivity contribution is 7.80. The molecule has 1 amide bonds. The van der Waals surface area contributed by atoms with Crippen LogP contribution in [0.1, 0.15) is 20.8 Å². The van der Waals surface area contributed by atoms with E-state index in [1.54, 1.807) is 4.90 Å². The molecule has 0 saturated heterocycles. The molecule has 0 aliphatic rings. The highest BCUT2D eigenvalue weighted by Crippen LogP contribution is 2.20. The minimum atomic E-state index is 0.0450. The van der Waals surface area contributed by atoms with Crippen molar-refractivity contribution in [2.75, 3.05) is 7.05 Å². The van der Waals surface area contributed by atoms with Crippen molar-refractivity contribution in [2.24, 2.45) is 0 Å². The van der Waals surface area contributed by atoms with Crippen molar-refractivity contribution in [1.29, 1.82) is 0 Å². The molecular formula is C14H15NOS2. The number of rotatable bonds is 3. The van der Waals surface area contributed by atoms with Crippen LogP contribution in [0.25, 0.3) is 0 Å². The van der Waals surface area contributed by atoms with Crippen LogP contribution in [0, 0.1) is 6.92 Å². The molecule has 0 radical (unpaired) electrons. The Bertz CT molecular complexity index is 562. The highest BCUT2D eigenvalue weighted by atomic mass is 32.1. The van der Waals surface area contributed by atoms with Crippen LogP contribution in [-0.2, 0) is 6.54 Å².